The SMILES string of the molecule is CN1C(c2ccccc2)NCNC1c1ccccc1. The number of nitrogens with zero attached hydrogens (tertiary/aromatic N) is 1. The van der Waals surface area contributed by atoms with Crippen LogP contribution in [0.1, 0.15) is 23.5 Å². The van der Waals surface area contributed by atoms with Crippen molar-refractivity contribution in [2.45, 2.75) is 12.3 Å². The molecule has 1 aliphatic rings. The Balaban J connectivity index is 1.86. The molecule has 2 aromatic carbocycles. The lowest BCUT2D eigenvalue weighted by atomic mass is 10.1. The Morgan fingerprint density at radius 3 is 1.63 bits per heavy atom. The molecule has 2 unspecified atom stereocenters. The minimum absolute atomic E-state index is 0.243. The van der Waals surface area contributed by atoms with E-state index in [1.807, 2.05) is 0 Å². The van der Waals surface area contributed by atoms with Gasteiger partial charge in [0.1, 0.15) is 0 Å². The second-order valence-electron chi connectivity index (χ2n) is 4.88. The predicted molar refractivity (Wildman–Crippen MR) is 77.3 cm³/mol. The van der Waals surface area contributed by atoms with Crippen molar-refractivity contribution in [2.24, 2.45) is 0 Å². The summed E-state index contributed by atoms with van der Waals surface area (Å²) in [5, 5.41) is 7.00. The maximum Gasteiger partial charge on any atom is 0.0883 e. The lowest BCUT2D eigenvalue weighted by molar-refractivity contribution is 0.0745. The van der Waals surface area contributed by atoms with E-state index < -0.39 is 0 Å². The fourth-order valence-electron chi connectivity index (χ4n) is 2.67. The van der Waals surface area contributed by atoms with E-state index in [0.29, 0.717) is 0 Å². The van der Waals surface area contributed by atoms with Crippen molar-refractivity contribution < 1.29 is 0 Å². The predicted octanol–water partition coefficient (Wildman–Crippen LogP) is 2.47. The average molecular weight is 253 g/mol. The molecule has 0 bridgehead atoms. The average Bonchev–Trinajstić information content (AvgIpc) is 2.49. The normalized spacial score (nSPS) is 24.3. The van der Waals surface area contributed by atoms with Gasteiger partial charge in [-0.1, -0.05) is 60.7 Å². The van der Waals surface area contributed by atoms with Crippen molar-refractivity contribution in [1.29, 1.82) is 0 Å². The molecule has 0 aromatic heterocycles. The highest BCUT2D eigenvalue weighted by molar-refractivity contribution is 5.23. The maximum atomic E-state index is 3.50. The van der Waals surface area contributed by atoms with Crippen LogP contribution in [0.2, 0.25) is 0 Å². The lowest BCUT2D eigenvalue weighted by Crippen LogP contribution is -2.53. The van der Waals surface area contributed by atoms with Gasteiger partial charge in [-0.2, -0.15) is 0 Å². The number of hydrogen-bond acceptors (Lipinski definition) is 3. The summed E-state index contributed by atoms with van der Waals surface area (Å²) in [6, 6.07) is 21.1. The minimum atomic E-state index is 0.243. The van der Waals surface area contributed by atoms with Crippen LogP contribution in [0.25, 0.3) is 0 Å². The summed E-state index contributed by atoms with van der Waals surface area (Å²) in [6.07, 6.45) is 0.486. The van der Waals surface area contributed by atoms with Crippen LogP contribution in [0.5, 0.6) is 0 Å². The molecule has 1 saturated heterocycles. The smallest absolute Gasteiger partial charge is 0.0883 e. The third kappa shape index (κ3) is 2.54. The summed E-state index contributed by atoms with van der Waals surface area (Å²) >= 11 is 0. The van der Waals surface area contributed by atoms with E-state index in [4.69, 9.17) is 0 Å². The molecule has 0 saturated carbocycles. The molecule has 1 aliphatic heterocycles. The van der Waals surface area contributed by atoms with E-state index in [9.17, 15) is 0 Å². The Kier molecular flexibility index (Phi) is 3.60. The molecule has 98 valence electrons. The Morgan fingerprint density at radius 2 is 1.21 bits per heavy atom. The van der Waals surface area contributed by atoms with Gasteiger partial charge in [0, 0.05) is 6.67 Å². The molecular weight excluding hydrogens is 234 g/mol. The number of benzene rings is 2. The van der Waals surface area contributed by atoms with E-state index in [0.717, 1.165) is 6.67 Å². The first-order chi connectivity index (χ1) is 9.36. The van der Waals surface area contributed by atoms with Gasteiger partial charge in [0.25, 0.3) is 0 Å². The largest absolute Gasteiger partial charge is 0.285 e. The lowest BCUT2D eigenvalue weighted by Gasteiger charge is -2.41. The molecule has 2 atom stereocenters. The Hall–Kier alpha value is -1.68. The molecule has 2 aromatic rings. The minimum Gasteiger partial charge on any atom is -0.285 e. The van der Waals surface area contributed by atoms with Gasteiger partial charge in [0.15, 0.2) is 0 Å². The topological polar surface area (TPSA) is 27.3 Å². The summed E-state index contributed by atoms with van der Waals surface area (Å²) in [7, 11) is 2.15. The molecule has 0 amide bonds. The first kappa shape index (κ1) is 12.4. The fraction of sp³-hybridized carbons (Fsp3) is 0.250. The molecule has 0 radical (unpaired) electrons. The van der Waals surface area contributed by atoms with Crippen LogP contribution >= 0.6 is 0 Å². The van der Waals surface area contributed by atoms with Crippen molar-refractivity contribution in [2.75, 3.05) is 13.7 Å². The van der Waals surface area contributed by atoms with Gasteiger partial charge in [0.2, 0.25) is 0 Å². The summed E-state index contributed by atoms with van der Waals surface area (Å²) in [5.74, 6) is 0. The third-order valence-corrected chi connectivity index (χ3v) is 3.64. The second kappa shape index (κ2) is 5.53. The van der Waals surface area contributed by atoms with E-state index in [2.05, 4.69) is 83.2 Å². The summed E-state index contributed by atoms with van der Waals surface area (Å²) in [4.78, 5) is 2.33. The molecule has 1 heterocycles. The second-order valence-corrected chi connectivity index (χ2v) is 4.88. The first-order valence-electron chi connectivity index (χ1n) is 6.65. The third-order valence-electron chi connectivity index (χ3n) is 3.64. The van der Waals surface area contributed by atoms with Crippen LogP contribution in [0.15, 0.2) is 60.7 Å². The number of nitrogens with one attached hydrogen (secondary N) is 2. The van der Waals surface area contributed by atoms with Crippen molar-refractivity contribution in [3.63, 3.8) is 0 Å². The van der Waals surface area contributed by atoms with Crippen LogP contribution in [0, 0.1) is 0 Å². The molecule has 2 N–H and O–H groups in total. The van der Waals surface area contributed by atoms with Crippen molar-refractivity contribution in [3.05, 3.63) is 71.8 Å². The van der Waals surface area contributed by atoms with Crippen molar-refractivity contribution in [1.82, 2.24) is 15.5 Å². The molecule has 0 aliphatic carbocycles. The van der Waals surface area contributed by atoms with Crippen LogP contribution in [0.4, 0.5) is 0 Å². The molecule has 1 fully saturated rings. The van der Waals surface area contributed by atoms with E-state index in [1.54, 1.807) is 0 Å². The fourth-order valence-corrected chi connectivity index (χ4v) is 2.67. The standard InChI is InChI=1S/C16H19N3/c1-19-15(13-8-4-2-5-9-13)17-12-18-16(19)14-10-6-3-7-11-14/h2-11,15-18H,12H2,1H3. The zero-order valence-corrected chi connectivity index (χ0v) is 11.1. The Morgan fingerprint density at radius 1 is 0.789 bits per heavy atom. The van der Waals surface area contributed by atoms with Gasteiger partial charge in [-0.05, 0) is 18.2 Å². The van der Waals surface area contributed by atoms with Gasteiger partial charge in [-0.3, -0.25) is 15.5 Å². The first-order valence-corrected chi connectivity index (χ1v) is 6.65. The van der Waals surface area contributed by atoms with Gasteiger partial charge in [-0.15, -0.1) is 0 Å². The number of rotatable bonds is 2. The molecule has 0 spiro atoms. The molecule has 3 heteroatoms. The van der Waals surface area contributed by atoms with Crippen molar-refractivity contribution in [3.8, 4) is 0 Å². The van der Waals surface area contributed by atoms with Crippen molar-refractivity contribution >= 4 is 0 Å². The zero-order valence-electron chi connectivity index (χ0n) is 11.1. The zero-order chi connectivity index (χ0) is 13.1. The highest BCUT2D eigenvalue weighted by Gasteiger charge is 2.28. The monoisotopic (exact) mass is 253 g/mol. The molecule has 3 rings (SSSR count). The van der Waals surface area contributed by atoms with E-state index >= 15 is 0 Å². The highest BCUT2D eigenvalue weighted by atomic mass is 15.4. The van der Waals surface area contributed by atoms with Crippen LogP contribution < -0.4 is 10.6 Å². The highest BCUT2D eigenvalue weighted by Crippen LogP contribution is 2.27. The van der Waals surface area contributed by atoms with Gasteiger partial charge in [-0.25, -0.2) is 0 Å². The Bertz CT molecular complexity index is 465. The summed E-state index contributed by atoms with van der Waals surface area (Å²) < 4.78 is 0. The molecule has 19 heavy (non-hydrogen) atoms. The maximum absolute atomic E-state index is 3.50. The Labute approximate surface area is 114 Å². The molecule has 3 nitrogen and oxygen atoms in total. The van der Waals surface area contributed by atoms with Gasteiger partial charge in [0.05, 0.1) is 12.3 Å². The van der Waals surface area contributed by atoms with Crippen LogP contribution in [-0.4, -0.2) is 18.6 Å². The summed E-state index contributed by atoms with van der Waals surface area (Å²) in [6.45, 7) is 0.809. The van der Waals surface area contributed by atoms with Crippen LogP contribution in [-0.2, 0) is 0 Å². The van der Waals surface area contributed by atoms with E-state index in [1.165, 1.54) is 11.1 Å². The van der Waals surface area contributed by atoms with Gasteiger partial charge < -0.3 is 0 Å². The molecular formula is C16H19N3. The van der Waals surface area contributed by atoms with Gasteiger partial charge >= 0.3 is 0 Å². The quantitative estimate of drug-likeness (QED) is 0.861. The number of hydrogen-bond donors (Lipinski definition) is 2. The van der Waals surface area contributed by atoms with E-state index in [-0.39, 0.29) is 12.3 Å². The van der Waals surface area contributed by atoms with Crippen LogP contribution in [0.3, 0.4) is 0 Å². The summed E-state index contributed by atoms with van der Waals surface area (Å²) in [5.41, 5.74) is 2.60.